The van der Waals surface area contributed by atoms with Crippen molar-refractivity contribution in [3.63, 3.8) is 0 Å². The minimum Gasteiger partial charge on any atom is -0.326 e. The highest BCUT2D eigenvalue weighted by atomic mass is 32.2. The topological polar surface area (TPSA) is 90.0 Å². The van der Waals surface area contributed by atoms with E-state index in [2.05, 4.69) is 9.82 Å². The van der Waals surface area contributed by atoms with Crippen molar-refractivity contribution >= 4 is 21.4 Å². The summed E-state index contributed by atoms with van der Waals surface area (Å²) < 4.78 is 28.9. The van der Waals surface area contributed by atoms with Gasteiger partial charge in [-0.05, 0) is 19.9 Å². The summed E-state index contributed by atoms with van der Waals surface area (Å²) in [6.45, 7) is 4.27. The smallest absolute Gasteiger partial charge is 0.241 e. The Bertz CT molecular complexity index is 716. The van der Waals surface area contributed by atoms with Crippen LogP contribution in [0.4, 0.5) is 0 Å². The van der Waals surface area contributed by atoms with E-state index in [9.17, 15) is 8.42 Å². The van der Waals surface area contributed by atoms with Gasteiger partial charge in [0.15, 0.2) is 0 Å². The quantitative estimate of drug-likeness (QED) is 0.862. The van der Waals surface area contributed by atoms with E-state index in [0.29, 0.717) is 11.4 Å². The highest BCUT2D eigenvalue weighted by molar-refractivity contribution is 7.89. The number of rotatable bonds is 5. The molecule has 2 aromatic rings. The van der Waals surface area contributed by atoms with Gasteiger partial charge in [-0.15, -0.1) is 11.3 Å². The lowest BCUT2D eigenvalue weighted by Crippen LogP contribution is -2.23. The van der Waals surface area contributed by atoms with Crippen molar-refractivity contribution in [2.45, 2.75) is 31.8 Å². The molecule has 2 rings (SSSR count). The summed E-state index contributed by atoms with van der Waals surface area (Å²) in [6, 6.07) is 1.64. The zero-order valence-corrected chi connectivity index (χ0v) is 13.3. The maximum Gasteiger partial charge on any atom is 0.241 e. The second-order valence-electron chi connectivity index (χ2n) is 4.54. The highest BCUT2D eigenvalue weighted by Crippen LogP contribution is 2.25. The van der Waals surface area contributed by atoms with Gasteiger partial charge in [-0.25, -0.2) is 13.1 Å². The fourth-order valence-corrected chi connectivity index (χ4v) is 4.38. The Labute approximate surface area is 122 Å². The Morgan fingerprint density at radius 3 is 2.65 bits per heavy atom. The molecule has 0 aliphatic heterocycles. The molecule has 0 aromatic carbocycles. The molecule has 0 bridgehead atoms. The van der Waals surface area contributed by atoms with Gasteiger partial charge in [-0.1, -0.05) is 0 Å². The zero-order chi connectivity index (χ0) is 14.9. The molecular weight excluding hydrogens is 296 g/mol. The standard InChI is InChI=1S/C12H18N4O2S2/c1-8-10(6-14-16(8)3)7-15-20(17,18)12-4-11(5-13)19-9(12)2/h4,6,15H,5,7,13H2,1-3H3. The fraction of sp³-hybridized carbons (Fsp3) is 0.417. The summed E-state index contributed by atoms with van der Waals surface area (Å²) in [6.07, 6.45) is 1.67. The average molecular weight is 314 g/mol. The number of nitrogens with two attached hydrogens (primary N) is 1. The summed E-state index contributed by atoms with van der Waals surface area (Å²) in [7, 11) is -1.69. The Kier molecular flexibility index (Phi) is 4.28. The van der Waals surface area contributed by atoms with Crippen LogP contribution in [0.5, 0.6) is 0 Å². The second-order valence-corrected chi connectivity index (χ2v) is 7.62. The number of sulfonamides is 1. The maximum atomic E-state index is 12.3. The van der Waals surface area contributed by atoms with Crippen LogP contribution in [-0.2, 0) is 30.2 Å². The molecule has 20 heavy (non-hydrogen) atoms. The molecule has 6 nitrogen and oxygen atoms in total. The Hall–Kier alpha value is -1.22. The van der Waals surface area contributed by atoms with Crippen LogP contribution in [0, 0.1) is 13.8 Å². The van der Waals surface area contributed by atoms with Crippen LogP contribution in [-0.4, -0.2) is 18.2 Å². The molecule has 0 aliphatic carbocycles. The maximum absolute atomic E-state index is 12.3. The van der Waals surface area contributed by atoms with Crippen molar-refractivity contribution in [3.8, 4) is 0 Å². The molecule has 2 aromatic heterocycles. The lowest BCUT2D eigenvalue weighted by molar-refractivity contribution is 0.581. The first-order valence-electron chi connectivity index (χ1n) is 6.11. The van der Waals surface area contributed by atoms with Gasteiger partial charge in [0.25, 0.3) is 0 Å². The number of aromatic nitrogens is 2. The van der Waals surface area contributed by atoms with Crippen LogP contribution < -0.4 is 10.5 Å². The predicted molar refractivity (Wildman–Crippen MR) is 78.9 cm³/mol. The molecule has 8 heteroatoms. The number of nitrogens with one attached hydrogen (secondary N) is 1. The van der Waals surface area contributed by atoms with Gasteiger partial charge in [-0.2, -0.15) is 5.10 Å². The van der Waals surface area contributed by atoms with Crippen LogP contribution >= 0.6 is 11.3 Å². The number of thiophene rings is 1. The third-order valence-electron chi connectivity index (χ3n) is 3.20. The molecule has 0 saturated carbocycles. The van der Waals surface area contributed by atoms with Gasteiger partial charge in [0.05, 0.1) is 11.1 Å². The van der Waals surface area contributed by atoms with Crippen molar-refractivity contribution in [1.82, 2.24) is 14.5 Å². The van der Waals surface area contributed by atoms with E-state index in [1.807, 2.05) is 14.0 Å². The second kappa shape index (κ2) is 5.65. The van der Waals surface area contributed by atoms with Gasteiger partial charge >= 0.3 is 0 Å². The van der Waals surface area contributed by atoms with Gasteiger partial charge in [-0.3, -0.25) is 4.68 Å². The van der Waals surface area contributed by atoms with E-state index in [-0.39, 0.29) is 6.54 Å². The molecule has 0 spiro atoms. The largest absolute Gasteiger partial charge is 0.326 e. The van der Waals surface area contributed by atoms with Crippen LogP contribution in [0.25, 0.3) is 0 Å². The molecule has 0 saturated heterocycles. The van der Waals surface area contributed by atoms with Crippen LogP contribution in [0.15, 0.2) is 17.2 Å². The first kappa shape index (κ1) is 15.2. The lowest BCUT2D eigenvalue weighted by Gasteiger charge is -2.06. The van der Waals surface area contributed by atoms with Gasteiger partial charge in [0, 0.05) is 41.1 Å². The van der Waals surface area contributed by atoms with Gasteiger partial charge in [0.2, 0.25) is 10.0 Å². The Morgan fingerprint density at radius 1 is 1.45 bits per heavy atom. The molecule has 0 atom stereocenters. The monoisotopic (exact) mass is 314 g/mol. The average Bonchev–Trinajstić information content (AvgIpc) is 2.93. The summed E-state index contributed by atoms with van der Waals surface area (Å²) in [5.41, 5.74) is 7.35. The minimum atomic E-state index is -3.52. The third-order valence-corrected chi connectivity index (χ3v) is 5.93. The highest BCUT2D eigenvalue weighted by Gasteiger charge is 2.20. The molecule has 0 aliphatic rings. The molecule has 3 N–H and O–H groups in total. The fourth-order valence-electron chi connectivity index (χ4n) is 1.86. The molecule has 110 valence electrons. The third kappa shape index (κ3) is 2.93. The Balaban J connectivity index is 2.19. The van der Waals surface area contributed by atoms with Crippen molar-refractivity contribution in [1.29, 1.82) is 0 Å². The van der Waals surface area contributed by atoms with Crippen LogP contribution in [0.1, 0.15) is 21.0 Å². The predicted octanol–water partition coefficient (Wildman–Crippen LogP) is 1.04. The van der Waals surface area contributed by atoms with Crippen molar-refractivity contribution in [2.24, 2.45) is 12.8 Å². The zero-order valence-electron chi connectivity index (χ0n) is 11.7. The summed E-state index contributed by atoms with van der Waals surface area (Å²) in [5.74, 6) is 0. The first-order chi connectivity index (χ1) is 9.35. The van der Waals surface area contributed by atoms with Crippen molar-refractivity contribution in [2.75, 3.05) is 0 Å². The van der Waals surface area contributed by atoms with Crippen LogP contribution in [0.2, 0.25) is 0 Å². The first-order valence-corrected chi connectivity index (χ1v) is 8.41. The minimum absolute atomic E-state index is 0.231. The summed E-state index contributed by atoms with van der Waals surface area (Å²) >= 11 is 1.41. The molecule has 0 amide bonds. The van der Waals surface area contributed by atoms with E-state index in [4.69, 9.17) is 5.73 Å². The van der Waals surface area contributed by atoms with Crippen molar-refractivity contribution < 1.29 is 8.42 Å². The number of hydrogen-bond acceptors (Lipinski definition) is 5. The van der Waals surface area contributed by atoms with Crippen molar-refractivity contribution in [3.05, 3.63) is 33.3 Å². The number of nitrogens with zero attached hydrogens (tertiary/aromatic N) is 2. The van der Waals surface area contributed by atoms with E-state index >= 15 is 0 Å². The lowest BCUT2D eigenvalue weighted by atomic mass is 10.3. The van der Waals surface area contributed by atoms with E-state index in [1.54, 1.807) is 23.9 Å². The van der Waals surface area contributed by atoms with E-state index < -0.39 is 10.0 Å². The molecular formula is C12H18N4O2S2. The molecule has 0 radical (unpaired) electrons. The Morgan fingerprint density at radius 2 is 2.15 bits per heavy atom. The number of hydrogen-bond donors (Lipinski definition) is 2. The number of aryl methyl sites for hydroxylation is 2. The van der Waals surface area contributed by atoms with Crippen LogP contribution in [0.3, 0.4) is 0 Å². The SMILES string of the molecule is Cc1sc(CN)cc1S(=O)(=O)NCc1cnn(C)c1C. The van der Waals surface area contributed by atoms with E-state index in [1.165, 1.54) is 11.3 Å². The van der Waals surface area contributed by atoms with Gasteiger partial charge < -0.3 is 5.73 Å². The van der Waals surface area contributed by atoms with E-state index in [0.717, 1.165) is 21.0 Å². The normalized spacial score (nSPS) is 12.0. The van der Waals surface area contributed by atoms with Gasteiger partial charge in [0.1, 0.15) is 0 Å². The molecule has 0 fully saturated rings. The summed E-state index contributed by atoms with van der Waals surface area (Å²) in [5, 5.41) is 4.09. The summed E-state index contributed by atoms with van der Waals surface area (Å²) in [4.78, 5) is 1.92. The molecule has 2 heterocycles. The molecule has 0 unspecified atom stereocenters.